The van der Waals surface area contributed by atoms with Crippen LogP contribution in [0.5, 0.6) is 0 Å². The van der Waals surface area contributed by atoms with Crippen LogP contribution in [-0.2, 0) is 17.6 Å². The van der Waals surface area contributed by atoms with Crippen LogP contribution in [0.3, 0.4) is 0 Å². The second kappa shape index (κ2) is 6.29. The fourth-order valence-electron chi connectivity index (χ4n) is 3.38. The molecule has 24 heavy (non-hydrogen) atoms. The van der Waals surface area contributed by atoms with Gasteiger partial charge in [-0.1, -0.05) is 23.7 Å². The van der Waals surface area contributed by atoms with Gasteiger partial charge in [0.1, 0.15) is 0 Å². The maximum absolute atomic E-state index is 13.0. The largest absolute Gasteiger partial charge is 0.312 e. The van der Waals surface area contributed by atoms with E-state index in [2.05, 4.69) is 5.10 Å². The molecule has 0 unspecified atom stereocenters. The highest BCUT2D eigenvalue weighted by Crippen LogP contribution is 2.32. The van der Waals surface area contributed by atoms with Crippen molar-refractivity contribution >= 4 is 28.7 Å². The number of aromatic nitrogens is 2. The summed E-state index contributed by atoms with van der Waals surface area (Å²) in [5.74, 6) is 0.0965. The predicted molar refractivity (Wildman–Crippen MR) is 95.6 cm³/mol. The highest BCUT2D eigenvalue weighted by Gasteiger charge is 2.23. The molecule has 3 aromatic rings. The molecule has 0 atom stereocenters. The molecule has 5 heteroatoms. The predicted octanol–water partition coefficient (Wildman–Crippen LogP) is 3.90. The lowest BCUT2D eigenvalue weighted by Gasteiger charge is -2.23. The number of anilines is 1. The summed E-state index contributed by atoms with van der Waals surface area (Å²) in [7, 11) is 0. The van der Waals surface area contributed by atoms with Crippen molar-refractivity contribution in [2.75, 3.05) is 11.4 Å². The maximum atomic E-state index is 13.0. The van der Waals surface area contributed by atoms with Gasteiger partial charge in [0.2, 0.25) is 5.91 Å². The Morgan fingerprint density at radius 3 is 3.00 bits per heavy atom. The molecule has 0 N–H and O–H groups in total. The van der Waals surface area contributed by atoms with Crippen molar-refractivity contribution in [2.45, 2.75) is 25.7 Å². The van der Waals surface area contributed by atoms with E-state index in [0.29, 0.717) is 6.42 Å². The molecule has 1 aromatic carbocycles. The molecule has 4 nitrogen and oxygen atoms in total. The Bertz CT molecular complexity index is 903. The monoisotopic (exact) mass is 339 g/mol. The van der Waals surface area contributed by atoms with E-state index in [1.54, 1.807) is 10.7 Å². The summed E-state index contributed by atoms with van der Waals surface area (Å²) < 4.78 is 1.80. The molecule has 1 aliphatic rings. The van der Waals surface area contributed by atoms with Gasteiger partial charge in [0.25, 0.3) is 0 Å². The first kappa shape index (κ1) is 15.2. The van der Waals surface area contributed by atoms with E-state index >= 15 is 0 Å². The van der Waals surface area contributed by atoms with Crippen LogP contribution in [0, 0.1) is 0 Å². The number of benzene rings is 1. The van der Waals surface area contributed by atoms with Crippen molar-refractivity contribution in [2.24, 2.45) is 0 Å². The molecule has 122 valence electrons. The van der Waals surface area contributed by atoms with Crippen LogP contribution in [0.25, 0.3) is 5.52 Å². The molecule has 0 fully saturated rings. The van der Waals surface area contributed by atoms with E-state index in [-0.39, 0.29) is 5.91 Å². The highest BCUT2D eigenvalue weighted by molar-refractivity contribution is 6.31. The summed E-state index contributed by atoms with van der Waals surface area (Å²) >= 11 is 6.35. The quantitative estimate of drug-likeness (QED) is 0.710. The van der Waals surface area contributed by atoms with Gasteiger partial charge in [-0.15, -0.1) is 0 Å². The molecule has 0 saturated heterocycles. The van der Waals surface area contributed by atoms with Gasteiger partial charge in [-0.05, 0) is 49.1 Å². The van der Waals surface area contributed by atoms with Gasteiger partial charge < -0.3 is 4.90 Å². The normalized spacial score (nSPS) is 14.5. The Hall–Kier alpha value is -2.33. The molecule has 4 rings (SSSR count). The molecule has 1 aliphatic heterocycles. The van der Waals surface area contributed by atoms with Gasteiger partial charge in [0.05, 0.1) is 18.1 Å². The molecule has 0 saturated carbocycles. The fourth-order valence-corrected chi connectivity index (χ4v) is 3.64. The molecular weight excluding hydrogens is 322 g/mol. The van der Waals surface area contributed by atoms with Crippen molar-refractivity contribution in [3.05, 3.63) is 64.9 Å². The van der Waals surface area contributed by atoms with Crippen LogP contribution in [-0.4, -0.2) is 22.1 Å². The van der Waals surface area contributed by atoms with Gasteiger partial charge in [-0.3, -0.25) is 4.79 Å². The van der Waals surface area contributed by atoms with E-state index < -0.39 is 0 Å². The summed E-state index contributed by atoms with van der Waals surface area (Å²) in [4.78, 5) is 14.9. The Morgan fingerprint density at radius 2 is 2.08 bits per heavy atom. The zero-order valence-corrected chi connectivity index (χ0v) is 14.0. The number of carbonyl (C=O) groups is 1. The molecule has 0 bridgehead atoms. The lowest BCUT2D eigenvalue weighted by molar-refractivity contribution is -0.118. The maximum Gasteiger partial charge on any atom is 0.231 e. The SMILES string of the molecule is O=C(Cc1cnn2ccccc12)N1CCCCc2c(Cl)cccc21. The lowest BCUT2D eigenvalue weighted by atomic mass is 10.1. The van der Waals surface area contributed by atoms with Gasteiger partial charge in [-0.2, -0.15) is 5.10 Å². The standard InChI is InChI=1S/C19H18ClN3O/c20-16-7-5-9-18-15(16)6-1-3-10-22(18)19(24)12-14-13-21-23-11-4-2-8-17(14)23/h2,4-5,7-9,11,13H,1,3,6,10,12H2. The number of halogens is 1. The first-order valence-corrected chi connectivity index (χ1v) is 8.61. The highest BCUT2D eigenvalue weighted by atomic mass is 35.5. The Balaban J connectivity index is 1.66. The number of pyridine rings is 1. The van der Waals surface area contributed by atoms with Gasteiger partial charge in [0, 0.05) is 29.0 Å². The third-order valence-corrected chi connectivity index (χ3v) is 4.95. The molecule has 1 amide bonds. The van der Waals surface area contributed by atoms with E-state index in [1.165, 1.54) is 0 Å². The fraction of sp³-hybridized carbons (Fsp3) is 0.263. The Labute approximate surface area is 145 Å². The summed E-state index contributed by atoms with van der Waals surface area (Å²) in [5.41, 5.74) is 3.98. The number of hydrogen-bond donors (Lipinski definition) is 0. The van der Waals surface area contributed by atoms with E-state index in [4.69, 9.17) is 11.6 Å². The number of hydrogen-bond acceptors (Lipinski definition) is 2. The first-order valence-electron chi connectivity index (χ1n) is 8.23. The minimum absolute atomic E-state index is 0.0965. The summed E-state index contributed by atoms with van der Waals surface area (Å²) in [6.45, 7) is 0.741. The van der Waals surface area contributed by atoms with Crippen LogP contribution in [0.2, 0.25) is 5.02 Å². The molecule has 0 spiro atoms. The lowest BCUT2D eigenvalue weighted by Crippen LogP contribution is -2.33. The van der Waals surface area contributed by atoms with Crippen LogP contribution in [0.1, 0.15) is 24.0 Å². The number of fused-ring (bicyclic) bond motifs is 2. The number of amides is 1. The smallest absolute Gasteiger partial charge is 0.231 e. The van der Waals surface area contributed by atoms with Crippen molar-refractivity contribution in [1.29, 1.82) is 0 Å². The number of rotatable bonds is 2. The van der Waals surface area contributed by atoms with Crippen LogP contribution >= 0.6 is 11.6 Å². The number of nitrogens with zero attached hydrogens (tertiary/aromatic N) is 3. The van der Waals surface area contributed by atoms with Crippen molar-refractivity contribution in [3.8, 4) is 0 Å². The third-order valence-electron chi connectivity index (χ3n) is 4.59. The summed E-state index contributed by atoms with van der Waals surface area (Å²) in [6.07, 6.45) is 6.99. The Morgan fingerprint density at radius 1 is 1.17 bits per heavy atom. The van der Waals surface area contributed by atoms with Gasteiger partial charge in [-0.25, -0.2) is 4.52 Å². The van der Waals surface area contributed by atoms with Crippen molar-refractivity contribution in [3.63, 3.8) is 0 Å². The van der Waals surface area contributed by atoms with Gasteiger partial charge >= 0.3 is 0 Å². The second-order valence-electron chi connectivity index (χ2n) is 6.12. The average Bonchev–Trinajstić information content (AvgIpc) is 2.86. The minimum atomic E-state index is 0.0965. The summed E-state index contributed by atoms with van der Waals surface area (Å²) in [6, 6.07) is 11.7. The second-order valence-corrected chi connectivity index (χ2v) is 6.52. The zero-order valence-electron chi connectivity index (χ0n) is 13.3. The van der Waals surface area contributed by atoms with Crippen LogP contribution < -0.4 is 4.90 Å². The zero-order chi connectivity index (χ0) is 16.5. The van der Waals surface area contributed by atoms with Crippen molar-refractivity contribution < 1.29 is 4.79 Å². The van der Waals surface area contributed by atoms with Gasteiger partial charge in [0.15, 0.2) is 0 Å². The van der Waals surface area contributed by atoms with E-state index in [9.17, 15) is 4.79 Å². The van der Waals surface area contributed by atoms with Crippen LogP contribution in [0.4, 0.5) is 5.69 Å². The number of carbonyl (C=O) groups excluding carboxylic acids is 1. The molecule has 0 aliphatic carbocycles. The Kier molecular flexibility index (Phi) is 3.98. The molecule has 3 heterocycles. The minimum Gasteiger partial charge on any atom is -0.312 e. The van der Waals surface area contributed by atoms with Crippen molar-refractivity contribution in [1.82, 2.24) is 9.61 Å². The average molecular weight is 340 g/mol. The van der Waals surface area contributed by atoms with Crippen LogP contribution in [0.15, 0.2) is 48.8 Å². The van der Waals surface area contributed by atoms with E-state index in [0.717, 1.165) is 53.2 Å². The molecule has 0 radical (unpaired) electrons. The third kappa shape index (κ3) is 2.67. The molecule has 2 aromatic heterocycles. The van der Waals surface area contributed by atoms with E-state index in [1.807, 2.05) is 47.5 Å². The topological polar surface area (TPSA) is 37.6 Å². The first-order chi connectivity index (χ1) is 11.7. The molecular formula is C19H18ClN3O. The summed E-state index contributed by atoms with van der Waals surface area (Å²) in [5, 5.41) is 5.07.